The smallest absolute Gasteiger partial charge is 0.244 e. The molecule has 0 saturated carbocycles. The molecule has 3 aromatic rings. The fourth-order valence-corrected chi connectivity index (χ4v) is 4.14. The first-order valence-corrected chi connectivity index (χ1v) is 10.5. The van der Waals surface area contributed by atoms with Crippen molar-refractivity contribution in [2.45, 2.75) is 6.61 Å². The Hall–Kier alpha value is -1.87. The highest BCUT2D eigenvalue weighted by molar-refractivity contribution is 7.91. The first-order valence-electron chi connectivity index (χ1n) is 8.25. The van der Waals surface area contributed by atoms with Crippen LogP contribution in [0.15, 0.2) is 30.6 Å². The Bertz CT molecular complexity index is 952. The number of hydrogen-bond donors (Lipinski definition) is 0. The minimum Gasteiger partial charge on any atom is -0.616 e. The lowest BCUT2D eigenvalue weighted by Gasteiger charge is -2.29. The number of halogens is 2. The van der Waals surface area contributed by atoms with Gasteiger partial charge in [-0.3, -0.25) is 0 Å². The number of fused-ring (bicyclic) bond motifs is 1. The fourth-order valence-electron chi connectivity index (χ4n) is 2.79. The molecular weight excluding hydrogens is 409 g/mol. The molecule has 1 saturated heterocycles. The summed E-state index contributed by atoms with van der Waals surface area (Å²) in [5.41, 5.74) is 1.96. The highest BCUT2D eigenvalue weighted by atomic mass is 35.5. The molecule has 1 aliphatic heterocycles. The van der Waals surface area contributed by atoms with Crippen LogP contribution in [-0.4, -0.2) is 49.1 Å². The van der Waals surface area contributed by atoms with Gasteiger partial charge in [0.15, 0.2) is 11.3 Å². The van der Waals surface area contributed by atoms with Gasteiger partial charge in [0.05, 0.1) is 13.1 Å². The van der Waals surface area contributed by atoms with E-state index in [1.807, 2.05) is 17.0 Å². The van der Waals surface area contributed by atoms with Crippen LogP contribution in [0, 0.1) is 0 Å². The Morgan fingerprint density at radius 1 is 1.04 bits per heavy atom. The highest BCUT2D eigenvalue weighted by Crippen LogP contribution is 2.29. The van der Waals surface area contributed by atoms with Crippen LogP contribution in [0.4, 0.5) is 5.82 Å². The average molecular weight is 424 g/mol. The molecule has 1 aromatic carbocycles. The second kappa shape index (κ2) is 8.02. The number of rotatable bonds is 4. The Morgan fingerprint density at radius 2 is 1.78 bits per heavy atom. The summed E-state index contributed by atoms with van der Waals surface area (Å²) in [6, 6.07) is 7.37. The van der Waals surface area contributed by atoms with Crippen LogP contribution < -0.4 is 9.64 Å². The van der Waals surface area contributed by atoms with Gasteiger partial charge in [-0.25, -0.2) is 9.97 Å². The van der Waals surface area contributed by atoms with E-state index in [1.54, 1.807) is 12.1 Å². The van der Waals surface area contributed by atoms with E-state index in [0.29, 0.717) is 59.0 Å². The molecule has 27 heavy (non-hydrogen) atoms. The van der Waals surface area contributed by atoms with Crippen LogP contribution in [0.3, 0.4) is 0 Å². The van der Waals surface area contributed by atoms with Gasteiger partial charge in [-0.1, -0.05) is 34.9 Å². The zero-order valence-corrected chi connectivity index (χ0v) is 16.5. The number of aromatic nitrogens is 4. The summed E-state index contributed by atoms with van der Waals surface area (Å²) in [5.74, 6) is 2.13. The summed E-state index contributed by atoms with van der Waals surface area (Å²) >= 11 is 11.3. The van der Waals surface area contributed by atoms with Gasteiger partial charge < -0.3 is 14.2 Å². The van der Waals surface area contributed by atoms with Gasteiger partial charge in [-0.15, -0.1) is 0 Å². The van der Waals surface area contributed by atoms with Crippen LogP contribution in [0.2, 0.25) is 10.3 Å². The van der Waals surface area contributed by atoms with Crippen molar-refractivity contribution in [2.75, 3.05) is 29.5 Å². The van der Waals surface area contributed by atoms with E-state index in [2.05, 4.69) is 19.9 Å². The zero-order valence-electron chi connectivity index (χ0n) is 14.1. The third-order valence-electron chi connectivity index (χ3n) is 4.17. The van der Waals surface area contributed by atoms with E-state index in [4.69, 9.17) is 27.9 Å². The molecule has 140 valence electrons. The maximum atomic E-state index is 11.6. The summed E-state index contributed by atoms with van der Waals surface area (Å²) in [6.07, 6.45) is 1.42. The van der Waals surface area contributed by atoms with Crippen molar-refractivity contribution in [3.8, 4) is 5.88 Å². The predicted octanol–water partition coefficient (Wildman–Crippen LogP) is 2.87. The van der Waals surface area contributed by atoms with Crippen molar-refractivity contribution in [2.24, 2.45) is 0 Å². The van der Waals surface area contributed by atoms with Gasteiger partial charge in [0.1, 0.15) is 30.0 Å². The summed E-state index contributed by atoms with van der Waals surface area (Å²) in [5, 5.41) is 0.758. The van der Waals surface area contributed by atoms with Crippen molar-refractivity contribution in [1.82, 2.24) is 19.9 Å². The third kappa shape index (κ3) is 4.19. The molecule has 0 N–H and O–H groups in total. The molecule has 0 aliphatic carbocycles. The lowest BCUT2D eigenvalue weighted by molar-refractivity contribution is 0.297. The van der Waals surface area contributed by atoms with Crippen molar-refractivity contribution in [3.63, 3.8) is 0 Å². The second-order valence-corrected chi connectivity index (χ2v) is 8.41. The Balaban J connectivity index is 1.65. The Morgan fingerprint density at radius 3 is 2.52 bits per heavy atom. The standard InChI is InChI=1S/C17H15Cl2N5O2S/c18-12-3-1-11(2-4-12)9-26-16-14-13(20-10-21-16)15(23-17(19)22-14)24-5-7-27(25)8-6-24/h1-4,10H,5-9H2. The average Bonchev–Trinajstić information content (AvgIpc) is 2.68. The van der Waals surface area contributed by atoms with Crippen molar-refractivity contribution < 1.29 is 9.29 Å². The highest BCUT2D eigenvalue weighted by Gasteiger charge is 2.24. The van der Waals surface area contributed by atoms with E-state index < -0.39 is 11.2 Å². The number of anilines is 1. The minimum absolute atomic E-state index is 0.0929. The lowest BCUT2D eigenvalue weighted by atomic mass is 10.2. The molecule has 0 spiro atoms. The number of ether oxygens (including phenoxy) is 1. The van der Waals surface area contributed by atoms with Crippen molar-refractivity contribution in [3.05, 3.63) is 46.5 Å². The molecule has 0 unspecified atom stereocenters. The predicted molar refractivity (Wildman–Crippen MR) is 106 cm³/mol. The molecule has 1 fully saturated rings. The van der Waals surface area contributed by atoms with Crippen molar-refractivity contribution >= 4 is 51.2 Å². The lowest BCUT2D eigenvalue weighted by Crippen LogP contribution is -2.41. The summed E-state index contributed by atoms with van der Waals surface area (Å²) in [4.78, 5) is 19.2. The molecule has 0 amide bonds. The van der Waals surface area contributed by atoms with Crippen LogP contribution in [0.1, 0.15) is 5.56 Å². The van der Waals surface area contributed by atoms with Crippen LogP contribution in [0.25, 0.3) is 11.0 Å². The Kier molecular flexibility index (Phi) is 5.49. The molecule has 1 aliphatic rings. The number of benzene rings is 1. The van der Waals surface area contributed by atoms with Crippen LogP contribution >= 0.6 is 23.2 Å². The van der Waals surface area contributed by atoms with Gasteiger partial charge in [0.2, 0.25) is 11.2 Å². The van der Waals surface area contributed by atoms with E-state index in [0.717, 1.165) is 5.56 Å². The number of hydrogen-bond acceptors (Lipinski definition) is 7. The molecule has 3 heterocycles. The van der Waals surface area contributed by atoms with Gasteiger partial charge in [0.25, 0.3) is 0 Å². The second-order valence-electron chi connectivity index (χ2n) is 5.94. The third-order valence-corrected chi connectivity index (χ3v) is 5.87. The topological polar surface area (TPSA) is 87.1 Å². The van der Waals surface area contributed by atoms with Gasteiger partial charge >= 0.3 is 0 Å². The largest absolute Gasteiger partial charge is 0.616 e. The van der Waals surface area contributed by atoms with E-state index in [9.17, 15) is 4.55 Å². The number of nitrogens with zero attached hydrogens (tertiary/aromatic N) is 5. The molecule has 10 heteroatoms. The van der Waals surface area contributed by atoms with Gasteiger partial charge in [-0.2, -0.15) is 9.97 Å². The fraction of sp³-hybridized carbons (Fsp3) is 0.294. The maximum Gasteiger partial charge on any atom is 0.244 e. The summed E-state index contributed by atoms with van der Waals surface area (Å²) in [7, 11) is 0. The van der Waals surface area contributed by atoms with Crippen LogP contribution in [-0.2, 0) is 17.8 Å². The van der Waals surface area contributed by atoms with E-state index in [1.165, 1.54) is 6.33 Å². The van der Waals surface area contributed by atoms with E-state index >= 15 is 0 Å². The summed E-state index contributed by atoms with van der Waals surface area (Å²) < 4.78 is 17.5. The first-order chi connectivity index (χ1) is 13.1. The van der Waals surface area contributed by atoms with Crippen molar-refractivity contribution in [1.29, 1.82) is 0 Å². The van der Waals surface area contributed by atoms with Gasteiger partial charge in [0, 0.05) is 5.02 Å². The maximum absolute atomic E-state index is 11.6. The quantitative estimate of drug-likeness (QED) is 0.470. The molecule has 4 rings (SSSR count). The van der Waals surface area contributed by atoms with E-state index in [-0.39, 0.29) is 5.28 Å². The first kappa shape index (κ1) is 18.5. The normalized spacial score (nSPS) is 15.3. The molecule has 0 atom stereocenters. The van der Waals surface area contributed by atoms with Crippen LogP contribution in [0.5, 0.6) is 5.88 Å². The molecule has 2 aromatic heterocycles. The minimum atomic E-state index is -0.789. The summed E-state index contributed by atoms with van der Waals surface area (Å²) in [6.45, 7) is 1.56. The van der Waals surface area contributed by atoms with Gasteiger partial charge in [-0.05, 0) is 29.3 Å². The zero-order chi connectivity index (χ0) is 18.8. The molecular formula is C17H15Cl2N5O2S. The molecule has 0 bridgehead atoms. The monoisotopic (exact) mass is 423 g/mol. The SMILES string of the molecule is [O-][S+]1CCN(c2nc(Cl)nc3c(OCc4ccc(Cl)cc4)ncnc23)CC1. The Labute approximate surface area is 168 Å². The molecule has 7 nitrogen and oxygen atoms in total. The molecule has 0 radical (unpaired) electrons.